The molecule has 1 atom stereocenters. The number of nitrogen functional groups attached to an aromatic ring is 1. The largest absolute Gasteiger partial charge is 0.384 e. The van der Waals surface area contributed by atoms with Crippen molar-refractivity contribution in [2.75, 3.05) is 5.73 Å². The van der Waals surface area contributed by atoms with Gasteiger partial charge in [0.05, 0.1) is 5.69 Å². The van der Waals surface area contributed by atoms with Crippen molar-refractivity contribution in [3.63, 3.8) is 0 Å². The highest BCUT2D eigenvalue weighted by Crippen LogP contribution is 2.36. The average molecular weight is 298 g/mol. The normalized spacial score (nSPS) is 21.9. The van der Waals surface area contributed by atoms with Gasteiger partial charge in [0.1, 0.15) is 5.82 Å². The van der Waals surface area contributed by atoms with Crippen molar-refractivity contribution in [2.24, 2.45) is 0 Å². The highest BCUT2D eigenvalue weighted by atomic mass is 16.1. The Morgan fingerprint density at radius 2 is 2.14 bits per heavy atom. The number of H-pyrrole nitrogens is 1. The van der Waals surface area contributed by atoms with Crippen LogP contribution in [0.2, 0.25) is 0 Å². The van der Waals surface area contributed by atoms with Gasteiger partial charge in [-0.3, -0.25) is 9.89 Å². The number of aromatic nitrogens is 2. The Bertz CT molecular complexity index is 631. The molecule has 5 nitrogen and oxygen atoms in total. The maximum Gasteiger partial charge on any atom is 0.220 e. The van der Waals surface area contributed by atoms with Crippen LogP contribution in [-0.4, -0.2) is 22.1 Å². The third kappa shape index (κ3) is 3.30. The lowest BCUT2D eigenvalue weighted by Crippen LogP contribution is -2.43. The van der Waals surface area contributed by atoms with Gasteiger partial charge in [-0.05, 0) is 24.3 Å². The molecule has 1 unspecified atom stereocenters. The number of nitrogens with one attached hydrogen (secondary N) is 2. The molecule has 1 fully saturated rings. The molecule has 1 aromatic carbocycles. The summed E-state index contributed by atoms with van der Waals surface area (Å²) in [5.74, 6) is 1.37. The SMILES string of the molecule is CC(CC(=O)N[C@H]1C[C@@H](c2cc(N)[nH]n2)C1)c1ccccc1. The second kappa shape index (κ2) is 6.22. The molecule has 1 saturated carbocycles. The lowest BCUT2D eigenvalue weighted by atomic mass is 9.78. The maximum absolute atomic E-state index is 12.1. The Hall–Kier alpha value is -2.30. The summed E-state index contributed by atoms with van der Waals surface area (Å²) in [4.78, 5) is 12.1. The van der Waals surface area contributed by atoms with Crippen molar-refractivity contribution in [3.8, 4) is 0 Å². The van der Waals surface area contributed by atoms with E-state index in [1.165, 1.54) is 5.56 Å². The van der Waals surface area contributed by atoms with Gasteiger partial charge in [0, 0.05) is 24.4 Å². The Morgan fingerprint density at radius 1 is 1.41 bits per heavy atom. The molecule has 0 spiro atoms. The molecule has 3 rings (SSSR count). The Morgan fingerprint density at radius 3 is 2.77 bits per heavy atom. The zero-order valence-corrected chi connectivity index (χ0v) is 12.8. The van der Waals surface area contributed by atoms with Crippen LogP contribution in [0.4, 0.5) is 5.82 Å². The molecule has 116 valence electrons. The molecular formula is C17H22N4O. The van der Waals surface area contributed by atoms with Gasteiger partial charge >= 0.3 is 0 Å². The predicted octanol–water partition coefficient (Wildman–Crippen LogP) is 2.55. The van der Waals surface area contributed by atoms with Gasteiger partial charge in [-0.15, -0.1) is 0 Å². The monoisotopic (exact) mass is 298 g/mol. The molecule has 1 heterocycles. The number of amides is 1. The van der Waals surface area contributed by atoms with E-state index in [9.17, 15) is 4.79 Å². The number of nitrogens with zero attached hydrogens (tertiary/aromatic N) is 1. The number of rotatable bonds is 5. The standard InChI is InChI=1S/C17H22N4O/c1-11(12-5-3-2-4-6-12)7-17(22)19-14-8-13(9-14)15-10-16(18)21-20-15/h2-6,10-11,13-14H,7-9H2,1H3,(H,19,22)(H3,18,20,21)/t11?,13-,14+. The molecule has 22 heavy (non-hydrogen) atoms. The molecular weight excluding hydrogens is 276 g/mol. The first-order valence-electron chi connectivity index (χ1n) is 7.77. The minimum absolute atomic E-state index is 0.126. The van der Waals surface area contributed by atoms with Gasteiger partial charge in [0.25, 0.3) is 0 Å². The summed E-state index contributed by atoms with van der Waals surface area (Å²) >= 11 is 0. The summed E-state index contributed by atoms with van der Waals surface area (Å²) in [6.07, 6.45) is 2.41. The van der Waals surface area contributed by atoms with Crippen LogP contribution < -0.4 is 11.1 Å². The Balaban J connectivity index is 1.44. The van der Waals surface area contributed by atoms with E-state index < -0.39 is 0 Å². The number of nitrogens with two attached hydrogens (primary N) is 1. The summed E-state index contributed by atoms with van der Waals surface area (Å²) in [6, 6.07) is 12.3. The Labute approximate surface area is 130 Å². The predicted molar refractivity (Wildman–Crippen MR) is 86.4 cm³/mol. The molecule has 0 bridgehead atoms. The molecule has 1 aliphatic carbocycles. The molecule has 0 aliphatic heterocycles. The minimum Gasteiger partial charge on any atom is -0.384 e. The van der Waals surface area contributed by atoms with Crippen LogP contribution in [0.3, 0.4) is 0 Å². The van der Waals surface area contributed by atoms with Crippen molar-refractivity contribution in [1.82, 2.24) is 15.5 Å². The van der Waals surface area contributed by atoms with E-state index in [0.717, 1.165) is 18.5 Å². The molecule has 1 amide bonds. The first-order valence-corrected chi connectivity index (χ1v) is 7.77. The maximum atomic E-state index is 12.1. The van der Waals surface area contributed by atoms with E-state index in [2.05, 4.69) is 34.6 Å². The van der Waals surface area contributed by atoms with Gasteiger partial charge in [-0.2, -0.15) is 5.10 Å². The number of carbonyl (C=O) groups excluding carboxylic acids is 1. The van der Waals surface area contributed by atoms with Crippen LogP contribution >= 0.6 is 0 Å². The number of aromatic amines is 1. The quantitative estimate of drug-likeness (QED) is 0.793. The van der Waals surface area contributed by atoms with Crippen molar-refractivity contribution in [3.05, 3.63) is 47.7 Å². The van der Waals surface area contributed by atoms with Gasteiger partial charge in [0.2, 0.25) is 5.91 Å². The van der Waals surface area contributed by atoms with E-state index in [1.54, 1.807) is 0 Å². The van der Waals surface area contributed by atoms with Crippen LogP contribution in [0.15, 0.2) is 36.4 Å². The van der Waals surface area contributed by atoms with Crippen LogP contribution in [0.5, 0.6) is 0 Å². The first kappa shape index (κ1) is 14.6. The summed E-state index contributed by atoms with van der Waals surface area (Å²) in [5, 5.41) is 10.1. The summed E-state index contributed by atoms with van der Waals surface area (Å²) in [6.45, 7) is 2.09. The van der Waals surface area contributed by atoms with Gasteiger partial charge in [0.15, 0.2) is 0 Å². The second-order valence-electron chi connectivity index (χ2n) is 6.20. The van der Waals surface area contributed by atoms with E-state index >= 15 is 0 Å². The van der Waals surface area contributed by atoms with Crippen LogP contribution in [0, 0.1) is 0 Å². The average Bonchev–Trinajstić information content (AvgIpc) is 2.89. The molecule has 5 heteroatoms. The second-order valence-corrected chi connectivity index (χ2v) is 6.20. The molecule has 4 N–H and O–H groups in total. The van der Waals surface area contributed by atoms with Crippen LogP contribution in [-0.2, 0) is 4.79 Å². The Kier molecular flexibility index (Phi) is 4.13. The van der Waals surface area contributed by atoms with E-state index in [4.69, 9.17) is 5.73 Å². The summed E-state index contributed by atoms with van der Waals surface area (Å²) in [7, 11) is 0. The van der Waals surface area contributed by atoms with Crippen LogP contribution in [0.1, 0.15) is 49.3 Å². The third-order valence-corrected chi connectivity index (χ3v) is 4.40. The number of anilines is 1. The number of hydrogen-bond acceptors (Lipinski definition) is 3. The molecule has 0 radical (unpaired) electrons. The number of benzene rings is 1. The number of carbonyl (C=O) groups is 1. The summed E-state index contributed by atoms with van der Waals surface area (Å²) < 4.78 is 0. The molecule has 1 aromatic heterocycles. The minimum atomic E-state index is 0.126. The fraction of sp³-hybridized carbons (Fsp3) is 0.412. The number of hydrogen-bond donors (Lipinski definition) is 3. The zero-order chi connectivity index (χ0) is 15.5. The van der Waals surface area contributed by atoms with E-state index in [-0.39, 0.29) is 17.9 Å². The molecule has 2 aromatic rings. The van der Waals surface area contributed by atoms with Crippen molar-refractivity contribution in [2.45, 2.75) is 44.1 Å². The molecule has 1 aliphatic rings. The molecule has 0 saturated heterocycles. The first-order chi connectivity index (χ1) is 10.6. The van der Waals surface area contributed by atoms with Gasteiger partial charge in [-0.25, -0.2) is 0 Å². The summed E-state index contributed by atoms with van der Waals surface area (Å²) in [5.41, 5.74) is 7.84. The highest BCUT2D eigenvalue weighted by Gasteiger charge is 2.33. The fourth-order valence-electron chi connectivity index (χ4n) is 3.00. The zero-order valence-electron chi connectivity index (χ0n) is 12.8. The third-order valence-electron chi connectivity index (χ3n) is 4.40. The topological polar surface area (TPSA) is 83.8 Å². The van der Waals surface area contributed by atoms with Gasteiger partial charge in [-0.1, -0.05) is 37.3 Å². The van der Waals surface area contributed by atoms with Crippen LogP contribution in [0.25, 0.3) is 0 Å². The van der Waals surface area contributed by atoms with E-state index in [1.807, 2.05) is 24.3 Å². The van der Waals surface area contributed by atoms with Crippen molar-refractivity contribution >= 4 is 11.7 Å². The van der Waals surface area contributed by atoms with Crippen molar-refractivity contribution < 1.29 is 4.79 Å². The smallest absolute Gasteiger partial charge is 0.220 e. The van der Waals surface area contributed by atoms with Gasteiger partial charge < -0.3 is 11.1 Å². The lowest BCUT2D eigenvalue weighted by Gasteiger charge is -2.35. The van der Waals surface area contributed by atoms with Crippen molar-refractivity contribution in [1.29, 1.82) is 0 Å². The fourth-order valence-corrected chi connectivity index (χ4v) is 3.00. The lowest BCUT2D eigenvalue weighted by molar-refractivity contribution is -0.122. The highest BCUT2D eigenvalue weighted by molar-refractivity contribution is 5.77. The van der Waals surface area contributed by atoms with E-state index in [0.29, 0.717) is 18.2 Å².